The lowest BCUT2D eigenvalue weighted by Gasteiger charge is -2.49. The van der Waals surface area contributed by atoms with E-state index < -0.39 is 29.4 Å². The summed E-state index contributed by atoms with van der Waals surface area (Å²) in [5.41, 5.74) is 4.97. The van der Waals surface area contributed by atoms with Crippen LogP contribution in [0.2, 0.25) is 0 Å². The molecule has 3 rings (SSSR count). The number of aliphatic carboxylic acids is 1. The van der Waals surface area contributed by atoms with Gasteiger partial charge in [0.15, 0.2) is 0 Å². The number of carboxylic acid groups (broad SMARTS) is 1. The third-order valence-electron chi connectivity index (χ3n) is 3.87. The number of rotatable bonds is 6. The van der Waals surface area contributed by atoms with Crippen molar-refractivity contribution in [2.75, 3.05) is 12.4 Å². The average molecular weight is 397 g/mol. The van der Waals surface area contributed by atoms with E-state index >= 15 is 0 Å². The van der Waals surface area contributed by atoms with Crippen LogP contribution < -0.4 is 11.1 Å². The van der Waals surface area contributed by atoms with Crippen molar-refractivity contribution in [3.8, 4) is 0 Å². The van der Waals surface area contributed by atoms with Gasteiger partial charge >= 0.3 is 12.1 Å². The summed E-state index contributed by atoms with van der Waals surface area (Å²) >= 11 is 2.74. The summed E-state index contributed by atoms with van der Waals surface area (Å²) in [7, 11) is 0. The number of carbonyl (C=O) groups is 4. The van der Waals surface area contributed by atoms with Crippen LogP contribution >= 0.6 is 23.1 Å². The molecule has 3 heterocycles. The zero-order valence-electron chi connectivity index (χ0n) is 13.3. The minimum atomic E-state index is -1.30. The van der Waals surface area contributed by atoms with E-state index in [1.807, 2.05) is 17.5 Å². The van der Waals surface area contributed by atoms with Crippen molar-refractivity contribution in [1.82, 2.24) is 10.2 Å². The smallest absolute Gasteiger partial charge is 0.404 e. The molecule has 0 spiro atoms. The molecule has 2 aliphatic heterocycles. The molecule has 11 heteroatoms. The number of fused-ring (bicyclic) bond motifs is 1. The molecule has 2 aliphatic rings. The minimum absolute atomic E-state index is 0.165. The summed E-state index contributed by atoms with van der Waals surface area (Å²) in [5, 5.41) is 13.5. The number of hydrogen-bond acceptors (Lipinski definition) is 7. The average Bonchev–Trinajstić information content (AvgIpc) is 3.09. The van der Waals surface area contributed by atoms with Crippen LogP contribution in [0.3, 0.4) is 0 Å². The fourth-order valence-corrected chi connectivity index (χ4v) is 4.78. The topological polar surface area (TPSA) is 139 Å². The Kier molecular flexibility index (Phi) is 5.18. The predicted octanol–water partition coefficient (Wildman–Crippen LogP) is 0.125. The highest BCUT2D eigenvalue weighted by Gasteiger charge is 2.54. The lowest BCUT2D eigenvalue weighted by Crippen LogP contribution is -2.70. The van der Waals surface area contributed by atoms with Crippen molar-refractivity contribution in [2.24, 2.45) is 5.73 Å². The SMILES string of the molecule is NC(=O)OCC1=C(C(=O)O)N2C(=O)[C@H](NC(=O)Cc3cccs3)[C@@H]2SC1. The number of thioether (sulfide) groups is 1. The van der Waals surface area contributed by atoms with E-state index in [1.54, 1.807) is 0 Å². The molecule has 9 nitrogen and oxygen atoms in total. The van der Waals surface area contributed by atoms with Crippen molar-refractivity contribution in [3.63, 3.8) is 0 Å². The maximum absolute atomic E-state index is 12.4. The molecule has 0 saturated carbocycles. The Morgan fingerprint density at radius 3 is 2.81 bits per heavy atom. The van der Waals surface area contributed by atoms with Gasteiger partial charge in [0.1, 0.15) is 23.7 Å². The Morgan fingerprint density at radius 1 is 1.42 bits per heavy atom. The number of carbonyl (C=O) groups excluding carboxylic acids is 3. The van der Waals surface area contributed by atoms with Crippen LogP contribution in [-0.4, -0.2) is 57.7 Å². The van der Waals surface area contributed by atoms with Gasteiger partial charge in [-0.15, -0.1) is 23.1 Å². The fourth-order valence-electron chi connectivity index (χ4n) is 2.75. The first kappa shape index (κ1) is 18.3. The van der Waals surface area contributed by atoms with Crippen LogP contribution in [0.4, 0.5) is 4.79 Å². The van der Waals surface area contributed by atoms with Crippen LogP contribution in [0.1, 0.15) is 4.88 Å². The first-order valence-electron chi connectivity index (χ1n) is 7.52. The summed E-state index contributed by atoms with van der Waals surface area (Å²) in [6, 6.07) is 2.88. The van der Waals surface area contributed by atoms with Crippen LogP contribution in [0.25, 0.3) is 0 Å². The van der Waals surface area contributed by atoms with Gasteiger partial charge in [0.05, 0.1) is 6.42 Å². The summed E-state index contributed by atoms with van der Waals surface area (Å²) in [5.74, 6) is -1.85. The van der Waals surface area contributed by atoms with E-state index in [9.17, 15) is 24.3 Å². The van der Waals surface area contributed by atoms with Gasteiger partial charge in [-0.2, -0.15) is 0 Å². The molecule has 1 fully saturated rings. The first-order chi connectivity index (χ1) is 12.4. The van der Waals surface area contributed by atoms with Gasteiger partial charge in [0.25, 0.3) is 5.91 Å². The predicted molar refractivity (Wildman–Crippen MR) is 93.2 cm³/mol. The van der Waals surface area contributed by atoms with E-state index in [4.69, 9.17) is 5.73 Å². The van der Waals surface area contributed by atoms with Gasteiger partial charge in [-0.3, -0.25) is 14.5 Å². The van der Waals surface area contributed by atoms with Crippen molar-refractivity contribution in [1.29, 1.82) is 0 Å². The van der Waals surface area contributed by atoms with Crippen molar-refractivity contribution in [2.45, 2.75) is 17.8 Å². The summed E-state index contributed by atoms with van der Waals surface area (Å²) in [6.07, 6.45) is -0.860. The van der Waals surface area contributed by atoms with Crippen LogP contribution in [-0.2, 0) is 25.5 Å². The molecule has 0 aliphatic carbocycles. The van der Waals surface area contributed by atoms with Crippen molar-refractivity contribution >= 4 is 47.0 Å². The largest absolute Gasteiger partial charge is 0.477 e. The maximum Gasteiger partial charge on any atom is 0.404 e. The Bertz CT molecular complexity index is 791. The zero-order valence-corrected chi connectivity index (χ0v) is 15.0. The summed E-state index contributed by atoms with van der Waals surface area (Å²) in [4.78, 5) is 48.8. The highest BCUT2D eigenvalue weighted by atomic mass is 32.2. The normalized spacial score (nSPS) is 21.7. The lowest BCUT2D eigenvalue weighted by atomic mass is 10.0. The number of amides is 3. The van der Waals surface area contributed by atoms with Gasteiger partial charge < -0.3 is 20.9 Å². The number of β-lactam (4-membered cyclic amide) rings is 1. The third kappa shape index (κ3) is 3.53. The second-order valence-corrected chi connectivity index (χ2v) is 7.71. The number of nitrogens with two attached hydrogens (primary N) is 1. The fraction of sp³-hybridized carbons (Fsp3) is 0.333. The lowest BCUT2D eigenvalue weighted by molar-refractivity contribution is -0.150. The van der Waals surface area contributed by atoms with Crippen LogP contribution in [0.5, 0.6) is 0 Å². The Labute approximate surface area is 156 Å². The number of nitrogens with zero attached hydrogens (tertiary/aromatic N) is 1. The standard InChI is InChI=1S/C15H15N3O6S2/c16-15(23)24-5-7-6-26-13-10(12(20)18(13)11(7)14(21)22)17-9(19)4-8-2-1-3-25-8/h1-3,10,13H,4-6H2,(H2,16,23)(H,17,19)(H,21,22)/t10-,13-/m0/s1. The molecule has 0 bridgehead atoms. The molecule has 0 radical (unpaired) electrons. The van der Waals surface area contributed by atoms with E-state index in [-0.39, 0.29) is 36.0 Å². The molecule has 0 aromatic carbocycles. The van der Waals surface area contributed by atoms with E-state index in [2.05, 4.69) is 10.1 Å². The van der Waals surface area contributed by atoms with E-state index in [0.29, 0.717) is 0 Å². The number of carboxylic acids is 1. The van der Waals surface area contributed by atoms with Gasteiger partial charge in [-0.05, 0) is 11.4 Å². The second-order valence-electron chi connectivity index (χ2n) is 5.58. The van der Waals surface area contributed by atoms with Crippen molar-refractivity contribution < 1.29 is 29.0 Å². The van der Waals surface area contributed by atoms with Crippen molar-refractivity contribution in [3.05, 3.63) is 33.7 Å². The quantitative estimate of drug-likeness (QED) is 0.580. The minimum Gasteiger partial charge on any atom is -0.477 e. The Balaban J connectivity index is 1.69. The third-order valence-corrected chi connectivity index (χ3v) is 6.09. The number of primary amides is 1. The van der Waals surface area contributed by atoms with Gasteiger partial charge in [0, 0.05) is 16.2 Å². The molecule has 0 unspecified atom stereocenters. The molecule has 1 saturated heterocycles. The molecule has 2 atom stereocenters. The van der Waals surface area contributed by atoms with Gasteiger partial charge in [-0.25, -0.2) is 9.59 Å². The number of nitrogens with one attached hydrogen (secondary N) is 1. The molecule has 4 N–H and O–H groups in total. The molecule has 1 aromatic rings. The van der Waals surface area contributed by atoms with Gasteiger partial charge in [0.2, 0.25) is 5.91 Å². The Hall–Kier alpha value is -2.53. The highest BCUT2D eigenvalue weighted by Crippen LogP contribution is 2.40. The summed E-state index contributed by atoms with van der Waals surface area (Å²) < 4.78 is 4.65. The first-order valence-corrected chi connectivity index (χ1v) is 9.45. The monoisotopic (exact) mass is 397 g/mol. The number of ether oxygens (including phenoxy) is 1. The molecule has 3 amide bonds. The molecular weight excluding hydrogens is 382 g/mol. The summed E-state index contributed by atoms with van der Waals surface area (Å²) in [6.45, 7) is -0.296. The number of thiophene rings is 1. The van der Waals surface area contributed by atoms with Crippen LogP contribution in [0, 0.1) is 0 Å². The molecule has 26 heavy (non-hydrogen) atoms. The molecular formula is C15H15N3O6S2. The van der Waals surface area contributed by atoms with E-state index in [1.165, 1.54) is 23.1 Å². The second kappa shape index (κ2) is 7.38. The number of hydrogen-bond donors (Lipinski definition) is 3. The molecule has 1 aromatic heterocycles. The van der Waals surface area contributed by atoms with Crippen LogP contribution in [0.15, 0.2) is 28.8 Å². The Morgan fingerprint density at radius 2 is 2.19 bits per heavy atom. The van der Waals surface area contributed by atoms with Gasteiger partial charge in [-0.1, -0.05) is 6.07 Å². The highest BCUT2D eigenvalue weighted by molar-refractivity contribution is 8.00. The van der Waals surface area contributed by atoms with E-state index in [0.717, 1.165) is 9.78 Å². The zero-order chi connectivity index (χ0) is 18.8. The maximum atomic E-state index is 12.4. The molecule has 138 valence electrons.